The molecule has 0 aromatic carbocycles. The second-order valence-electron chi connectivity index (χ2n) is 2.60. The summed E-state index contributed by atoms with van der Waals surface area (Å²) in [6.07, 6.45) is 0.603. The fraction of sp³-hybridized carbons (Fsp3) is 0.667. The van der Waals surface area contributed by atoms with Gasteiger partial charge in [-0.15, -0.1) is 11.8 Å². The van der Waals surface area contributed by atoms with Gasteiger partial charge in [0.1, 0.15) is 11.9 Å². The highest BCUT2D eigenvalue weighted by Crippen LogP contribution is 2.46. The van der Waals surface area contributed by atoms with Crippen molar-refractivity contribution in [1.82, 2.24) is 0 Å². The van der Waals surface area contributed by atoms with E-state index in [1.807, 2.05) is 0 Å². The maximum atomic E-state index is 11.5. The Labute approximate surface area is 84.5 Å². The van der Waals surface area contributed by atoms with Crippen molar-refractivity contribution < 1.29 is 18.4 Å². The van der Waals surface area contributed by atoms with Crippen molar-refractivity contribution in [3.8, 4) is 11.8 Å². The van der Waals surface area contributed by atoms with Gasteiger partial charge in [0.25, 0.3) is 0 Å². The van der Waals surface area contributed by atoms with Crippen molar-refractivity contribution in [1.29, 1.82) is 0 Å². The lowest BCUT2D eigenvalue weighted by atomic mass is 10.2. The highest BCUT2D eigenvalue weighted by atomic mass is 31.2. The SMILES string of the molecule is CC#CCCC(=O)CP(=O)(OC)OC. The molecule has 0 rings (SSSR count). The van der Waals surface area contributed by atoms with E-state index < -0.39 is 7.60 Å². The van der Waals surface area contributed by atoms with Gasteiger partial charge in [0, 0.05) is 27.1 Å². The van der Waals surface area contributed by atoms with Gasteiger partial charge in [-0.1, -0.05) is 0 Å². The highest BCUT2D eigenvalue weighted by molar-refractivity contribution is 7.54. The van der Waals surface area contributed by atoms with E-state index in [4.69, 9.17) is 0 Å². The maximum absolute atomic E-state index is 11.5. The first-order chi connectivity index (χ1) is 6.58. The largest absolute Gasteiger partial charge is 0.337 e. The summed E-state index contributed by atoms with van der Waals surface area (Å²) in [5.41, 5.74) is 0. The second kappa shape index (κ2) is 6.78. The van der Waals surface area contributed by atoms with Crippen LogP contribution >= 0.6 is 7.60 Å². The monoisotopic (exact) mass is 218 g/mol. The normalized spacial score (nSPS) is 10.5. The number of hydrogen-bond donors (Lipinski definition) is 0. The van der Waals surface area contributed by atoms with Gasteiger partial charge < -0.3 is 9.05 Å². The first-order valence-electron chi connectivity index (χ1n) is 4.20. The zero-order valence-electron chi connectivity index (χ0n) is 8.70. The summed E-state index contributed by atoms with van der Waals surface area (Å²) in [4.78, 5) is 11.3. The Bertz CT molecular complexity index is 279. The van der Waals surface area contributed by atoms with Crippen LogP contribution in [0, 0.1) is 11.8 Å². The molecule has 0 spiro atoms. The standard InChI is InChI=1S/C9H15O4P/c1-4-5-6-7-9(10)8-14(11,12-2)13-3/h6-8H2,1-3H3. The highest BCUT2D eigenvalue weighted by Gasteiger charge is 2.24. The molecule has 4 nitrogen and oxygen atoms in total. The molecule has 0 bridgehead atoms. The van der Waals surface area contributed by atoms with Crippen molar-refractivity contribution in [3.63, 3.8) is 0 Å². The van der Waals surface area contributed by atoms with E-state index >= 15 is 0 Å². The van der Waals surface area contributed by atoms with Crippen LogP contribution in [0.15, 0.2) is 0 Å². The minimum absolute atomic E-state index is 0.153. The molecule has 0 amide bonds. The number of Topliss-reactive ketones (excluding diaryl/α,β-unsaturated/α-hetero) is 1. The van der Waals surface area contributed by atoms with Gasteiger partial charge in [0.2, 0.25) is 0 Å². The van der Waals surface area contributed by atoms with Crippen molar-refractivity contribution in [2.24, 2.45) is 0 Å². The number of rotatable bonds is 6. The third-order valence-corrected chi connectivity index (χ3v) is 3.48. The van der Waals surface area contributed by atoms with Crippen molar-refractivity contribution in [2.75, 3.05) is 20.4 Å². The summed E-state index contributed by atoms with van der Waals surface area (Å²) in [6, 6.07) is 0. The molecule has 0 aromatic rings. The van der Waals surface area contributed by atoms with E-state index in [9.17, 15) is 9.36 Å². The lowest BCUT2D eigenvalue weighted by Gasteiger charge is -2.11. The van der Waals surface area contributed by atoms with Gasteiger partial charge in [-0.3, -0.25) is 9.36 Å². The van der Waals surface area contributed by atoms with Gasteiger partial charge in [-0.05, 0) is 6.92 Å². The molecule has 0 N–H and O–H groups in total. The van der Waals surface area contributed by atoms with Gasteiger partial charge in [-0.2, -0.15) is 0 Å². The smallest absolute Gasteiger partial charge is 0.312 e. The lowest BCUT2D eigenvalue weighted by Crippen LogP contribution is -2.07. The third-order valence-electron chi connectivity index (χ3n) is 1.63. The van der Waals surface area contributed by atoms with E-state index in [0.717, 1.165) is 0 Å². The topological polar surface area (TPSA) is 52.6 Å². The van der Waals surface area contributed by atoms with Crippen molar-refractivity contribution >= 4 is 13.4 Å². The summed E-state index contributed by atoms with van der Waals surface area (Å²) in [6.45, 7) is 1.71. The Morgan fingerprint density at radius 3 is 2.36 bits per heavy atom. The van der Waals surface area contributed by atoms with Crippen LogP contribution in [0.2, 0.25) is 0 Å². The molecule has 0 aliphatic rings. The van der Waals surface area contributed by atoms with Crippen LogP contribution in [0.3, 0.4) is 0 Å². The zero-order chi connectivity index (χ0) is 11.0. The molecule has 0 radical (unpaired) electrons. The number of carbonyl (C=O) groups is 1. The fourth-order valence-corrected chi connectivity index (χ4v) is 1.82. The van der Waals surface area contributed by atoms with E-state index in [1.54, 1.807) is 6.92 Å². The Kier molecular flexibility index (Phi) is 6.48. The molecule has 0 saturated heterocycles. The van der Waals surface area contributed by atoms with Crippen LogP contribution in [0.5, 0.6) is 0 Å². The lowest BCUT2D eigenvalue weighted by molar-refractivity contribution is -0.116. The van der Waals surface area contributed by atoms with Crippen LogP contribution < -0.4 is 0 Å². The molecule has 0 heterocycles. The quantitative estimate of drug-likeness (QED) is 0.504. The predicted molar refractivity (Wildman–Crippen MR) is 54.2 cm³/mol. The van der Waals surface area contributed by atoms with E-state index in [1.165, 1.54) is 14.2 Å². The summed E-state index contributed by atoms with van der Waals surface area (Å²) >= 11 is 0. The molecule has 14 heavy (non-hydrogen) atoms. The first-order valence-corrected chi connectivity index (χ1v) is 5.92. The summed E-state index contributed by atoms with van der Waals surface area (Å²) in [5, 5.41) is 0. The van der Waals surface area contributed by atoms with Crippen LogP contribution in [0.1, 0.15) is 19.8 Å². The first kappa shape index (κ1) is 13.4. The molecular formula is C9H15O4P. The molecule has 5 heteroatoms. The summed E-state index contributed by atoms with van der Waals surface area (Å²) in [5.74, 6) is 5.29. The van der Waals surface area contributed by atoms with Gasteiger partial charge in [-0.25, -0.2) is 0 Å². The average Bonchev–Trinajstić information content (AvgIpc) is 2.18. The van der Waals surface area contributed by atoms with Gasteiger partial charge in [0.05, 0.1) is 0 Å². The molecule has 0 saturated carbocycles. The maximum Gasteiger partial charge on any atom is 0.337 e. The summed E-state index contributed by atoms with van der Waals surface area (Å²) in [7, 11) is -0.649. The number of hydrogen-bond acceptors (Lipinski definition) is 4. The molecule has 0 unspecified atom stereocenters. The Hall–Kier alpha value is -0.620. The molecule has 80 valence electrons. The van der Waals surface area contributed by atoms with Crippen LogP contribution in [-0.2, 0) is 18.4 Å². The molecule has 0 aromatic heterocycles. The fourth-order valence-electron chi connectivity index (χ4n) is 0.826. The number of ketones is 1. The van der Waals surface area contributed by atoms with E-state index in [0.29, 0.717) is 6.42 Å². The Morgan fingerprint density at radius 2 is 1.93 bits per heavy atom. The molecule has 0 atom stereocenters. The minimum Gasteiger partial charge on any atom is -0.312 e. The van der Waals surface area contributed by atoms with E-state index in [-0.39, 0.29) is 18.4 Å². The van der Waals surface area contributed by atoms with Crippen LogP contribution in [-0.4, -0.2) is 26.2 Å². The summed E-state index contributed by atoms with van der Waals surface area (Å²) < 4.78 is 20.8. The van der Waals surface area contributed by atoms with Gasteiger partial charge >= 0.3 is 7.60 Å². The molecule has 0 aliphatic carbocycles. The molecule has 0 aliphatic heterocycles. The Morgan fingerprint density at radius 1 is 1.36 bits per heavy atom. The third kappa shape index (κ3) is 5.18. The van der Waals surface area contributed by atoms with Crippen LogP contribution in [0.4, 0.5) is 0 Å². The van der Waals surface area contributed by atoms with Gasteiger partial charge in [0.15, 0.2) is 0 Å². The van der Waals surface area contributed by atoms with E-state index in [2.05, 4.69) is 20.9 Å². The Balaban J connectivity index is 4.02. The van der Waals surface area contributed by atoms with Crippen molar-refractivity contribution in [2.45, 2.75) is 19.8 Å². The zero-order valence-corrected chi connectivity index (χ0v) is 9.60. The van der Waals surface area contributed by atoms with Crippen LogP contribution in [0.25, 0.3) is 0 Å². The number of carbonyl (C=O) groups excluding carboxylic acids is 1. The predicted octanol–water partition coefficient (Wildman–Crippen LogP) is 1.84. The van der Waals surface area contributed by atoms with Crippen molar-refractivity contribution in [3.05, 3.63) is 0 Å². The second-order valence-corrected chi connectivity index (χ2v) is 4.87. The molecule has 0 fully saturated rings. The average molecular weight is 218 g/mol. The molecular weight excluding hydrogens is 203 g/mol. The minimum atomic E-state index is -3.18.